The highest BCUT2D eigenvalue weighted by molar-refractivity contribution is 6.30. The second-order valence-corrected chi connectivity index (χ2v) is 3.26. The van der Waals surface area contributed by atoms with Crippen molar-refractivity contribution in [3.05, 3.63) is 34.3 Å². The van der Waals surface area contributed by atoms with Gasteiger partial charge in [-0.3, -0.25) is 0 Å². The summed E-state index contributed by atoms with van der Waals surface area (Å²) in [5, 5.41) is 0.0588. The Morgan fingerprint density at radius 1 is 1.40 bits per heavy atom. The summed E-state index contributed by atoms with van der Waals surface area (Å²) >= 11 is 5.51. The van der Waals surface area contributed by atoms with Gasteiger partial charge in [-0.25, -0.2) is 0 Å². The minimum Gasteiger partial charge on any atom is -0.305 e. The van der Waals surface area contributed by atoms with E-state index in [4.69, 9.17) is 11.6 Å². The Kier molecular flexibility index (Phi) is 3.96. The van der Waals surface area contributed by atoms with Crippen LogP contribution in [0.15, 0.2) is 18.2 Å². The molecular weight excluding hydrogens is 231 g/mol. The molecule has 84 valence electrons. The topological polar surface area (TPSA) is 21.3 Å². The number of alkyl halides is 3. The van der Waals surface area contributed by atoms with Crippen molar-refractivity contribution in [3.63, 3.8) is 0 Å². The zero-order valence-electron chi connectivity index (χ0n) is 7.86. The maximum absolute atomic E-state index is 12.5. The highest BCUT2D eigenvalue weighted by atomic mass is 35.5. The molecule has 6 heteroatoms. The van der Waals surface area contributed by atoms with E-state index in [0.29, 0.717) is 0 Å². The summed E-state index contributed by atoms with van der Waals surface area (Å²) < 4.78 is 37.6. The third-order valence-electron chi connectivity index (χ3n) is 1.78. The lowest BCUT2D eigenvalue weighted by Crippen LogP contribution is -2.16. The Balaban J connectivity index is 3.04. The van der Waals surface area contributed by atoms with Crippen molar-refractivity contribution in [2.75, 3.05) is 7.11 Å². The molecule has 0 fully saturated rings. The van der Waals surface area contributed by atoms with Crippen LogP contribution in [0.3, 0.4) is 0 Å². The van der Waals surface area contributed by atoms with E-state index >= 15 is 0 Å². The SMILES string of the molecule is CONCc1ccc(Cl)cc1C(F)(F)F. The van der Waals surface area contributed by atoms with Crippen LogP contribution < -0.4 is 5.48 Å². The van der Waals surface area contributed by atoms with E-state index < -0.39 is 11.7 Å². The molecule has 0 saturated carbocycles. The van der Waals surface area contributed by atoms with Crippen LogP contribution >= 0.6 is 11.6 Å². The van der Waals surface area contributed by atoms with Crippen molar-refractivity contribution in [2.24, 2.45) is 0 Å². The smallest absolute Gasteiger partial charge is 0.305 e. The summed E-state index contributed by atoms with van der Waals surface area (Å²) in [7, 11) is 1.34. The second kappa shape index (κ2) is 4.83. The zero-order chi connectivity index (χ0) is 11.5. The predicted molar refractivity (Wildman–Crippen MR) is 50.3 cm³/mol. The Morgan fingerprint density at radius 2 is 2.07 bits per heavy atom. The fourth-order valence-corrected chi connectivity index (χ4v) is 1.29. The molecule has 0 radical (unpaired) electrons. The second-order valence-electron chi connectivity index (χ2n) is 2.82. The molecule has 0 aromatic heterocycles. The number of hydrogen-bond donors (Lipinski definition) is 1. The van der Waals surface area contributed by atoms with Gasteiger partial charge >= 0.3 is 6.18 Å². The van der Waals surface area contributed by atoms with Gasteiger partial charge in [0.15, 0.2) is 0 Å². The molecule has 0 aliphatic heterocycles. The molecule has 0 aliphatic carbocycles. The van der Waals surface area contributed by atoms with Crippen LogP contribution in [-0.2, 0) is 17.6 Å². The van der Waals surface area contributed by atoms with Gasteiger partial charge in [-0.15, -0.1) is 0 Å². The first-order valence-electron chi connectivity index (χ1n) is 4.06. The van der Waals surface area contributed by atoms with Crippen LogP contribution in [0.25, 0.3) is 0 Å². The number of benzene rings is 1. The van der Waals surface area contributed by atoms with Gasteiger partial charge in [0.1, 0.15) is 0 Å². The average Bonchev–Trinajstić information content (AvgIpc) is 2.14. The van der Waals surface area contributed by atoms with E-state index in [1.807, 2.05) is 0 Å². The molecule has 1 N–H and O–H groups in total. The van der Waals surface area contributed by atoms with Crippen LogP contribution in [0, 0.1) is 0 Å². The Hall–Kier alpha value is -0.780. The minimum atomic E-state index is -4.41. The molecule has 0 aliphatic rings. The number of nitrogens with one attached hydrogen (secondary N) is 1. The van der Waals surface area contributed by atoms with E-state index in [9.17, 15) is 13.2 Å². The van der Waals surface area contributed by atoms with Crippen molar-refractivity contribution >= 4 is 11.6 Å². The van der Waals surface area contributed by atoms with Gasteiger partial charge in [-0.1, -0.05) is 17.7 Å². The summed E-state index contributed by atoms with van der Waals surface area (Å²) in [6.07, 6.45) is -4.41. The first kappa shape index (κ1) is 12.3. The molecule has 0 atom stereocenters. The van der Waals surface area contributed by atoms with Gasteiger partial charge in [-0.05, 0) is 17.7 Å². The summed E-state index contributed by atoms with van der Waals surface area (Å²) in [4.78, 5) is 4.49. The van der Waals surface area contributed by atoms with Gasteiger partial charge in [0.2, 0.25) is 0 Å². The third-order valence-corrected chi connectivity index (χ3v) is 2.02. The first-order valence-corrected chi connectivity index (χ1v) is 4.44. The number of rotatable bonds is 3. The number of hydroxylamine groups is 1. The van der Waals surface area contributed by atoms with Gasteiger partial charge in [0.25, 0.3) is 0 Å². The maximum atomic E-state index is 12.5. The first-order chi connectivity index (χ1) is 6.95. The number of hydrogen-bond acceptors (Lipinski definition) is 2. The largest absolute Gasteiger partial charge is 0.416 e. The third kappa shape index (κ3) is 3.37. The quantitative estimate of drug-likeness (QED) is 0.819. The zero-order valence-corrected chi connectivity index (χ0v) is 8.62. The van der Waals surface area contributed by atoms with Gasteiger partial charge in [-0.2, -0.15) is 18.7 Å². The van der Waals surface area contributed by atoms with E-state index in [1.54, 1.807) is 0 Å². The van der Waals surface area contributed by atoms with E-state index in [-0.39, 0.29) is 17.1 Å². The molecule has 0 heterocycles. The van der Waals surface area contributed by atoms with Crippen molar-refractivity contribution in [2.45, 2.75) is 12.7 Å². The molecule has 2 nitrogen and oxygen atoms in total. The number of halogens is 4. The highest BCUT2D eigenvalue weighted by Gasteiger charge is 2.33. The van der Waals surface area contributed by atoms with Crippen LogP contribution in [0.2, 0.25) is 5.02 Å². The molecule has 0 bridgehead atoms. The van der Waals surface area contributed by atoms with Crippen LogP contribution in [0.4, 0.5) is 13.2 Å². The molecule has 1 aromatic rings. The van der Waals surface area contributed by atoms with E-state index in [1.165, 1.54) is 19.2 Å². The van der Waals surface area contributed by atoms with E-state index in [0.717, 1.165) is 6.07 Å². The van der Waals surface area contributed by atoms with Gasteiger partial charge in [0, 0.05) is 11.6 Å². The van der Waals surface area contributed by atoms with E-state index in [2.05, 4.69) is 10.3 Å². The van der Waals surface area contributed by atoms with Gasteiger partial charge in [0.05, 0.1) is 12.7 Å². The lowest BCUT2D eigenvalue weighted by atomic mass is 10.1. The summed E-state index contributed by atoms with van der Waals surface area (Å²) in [6, 6.07) is 3.62. The van der Waals surface area contributed by atoms with Crippen LogP contribution in [0.5, 0.6) is 0 Å². The molecule has 0 spiro atoms. The monoisotopic (exact) mass is 239 g/mol. The lowest BCUT2D eigenvalue weighted by molar-refractivity contribution is -0.138. The Bertz CT molecular complexity index is 341. The summed E-state index contributed by atoms with van der Waals surface area (Å²) in [6.45, 7) is -0.0253. The molecule has 0 unspecified atom stereocenters. The van der Waals surface area contributed by atoms with Crippen LogP contribution in [-0.4, -0.2) is 7.11 Å². The molecule has 1 rings (SSSR count). The fraction of sp³-hybridized carbons (Fsp3) is 0.333. The molecule has 1 aromatic carbocycles. The average molecular weight is 240 g/mol. The fourth-order valence-electron chi connectivity index (χ4n) is 1.12. The minimum absolute atomic E-state index is 0.0253. The molecule has 0 saturated heterocycles. The van der Waals surface area contributed by atoms with Gasteiger partial charge < -0.3 is 4.84 Å². The van der Waals surface area contributed by atoms with Crippen molar-refractivity contribution in [3.8, 4) is 0 Å². The predicted octanol–water partition coefficient (Wildman–Crippen LogP) is 3.01. The summed E-state index contributed by atoms with van der Waals surface area (Å²) in [5.41, 5.74) is 1.69. The molecule has 0 amide bonds. The molecule has 15 heavy (non-hydrogen) atoms. The Morgan fingerprint density at radius 3 is 2.60 bits per heavy atom. The highest BCUT2D eigenvalue weighted by Crippen LogP contribution is 2.33. The summed E-state index contributed by atoms with van der Waals surface area (Å²) in [5.74, 6) is 0. The van der Waals surface area contributed by atoms with Crippen molar-refractivity contribution in [1.82, 2.24) is 5.48 Å². The Labute approximate surface area is 89.9 Å². The lowest BCUT2D eigenvalue weighted by Gasteiger charge is -2.13. The van der Waals surface area contributed by atoms with Crippen molar-refractivity contribution < 1.29 is 18.0 Å². The normalized spacial score (nSPS) is 11.8. The molecular formula is C9H9ClF3NO. The maximum Gasteiger partial charge on any atom is 0.416 e. The standard InChI is InChI=1S/C9H9ClF3NO/c1-15-14-5-6-2-3-7(10)4-8(6)9(11,12)13/h2-4,14H,5H2,1H3. The van der Waals surface area contributed by atoms with Crippen LogP contribution in [0.1, 0.15) is 11.1 Å². The van der Waals surface area contributed by atoms with Crippen molar-refractivity contribution in [1.29, 1.82) is 0 Å².